The van der Waals surface area contributed by atoms with Crippen LogP contribution < -0.4 is 0 Å². The van der Waals surface area contributed by atoms with Crippen molar-refractivity contribution in [1.82, 2.24) is 0 Å². The molecule has 0 amide bonds. The van der Waals surface area contributed by atoms with E-state index in [2.05, 4.69) is 46.6 Å². The first-order chi connectivity index (χ1) is 8.08. The topological polar surface area (TPSA) is 29.5 Å². The van der Waals surface area contributed by atoms with Gasteiger partial charge in [-0.2, -0.15) is 0 Å². The Morgan fingerprint density at radius 1 is 0.889 bits per heavy atom. The van der Waals surface area contributed by atoms with Gasteiger partial charge in [-0.05, 0) is 45.6 Å². The van der Waals surface area contributed by atoms with E-state index in [1.165, 1.54) is 12.8 Å². The highest BCUT2D eigenvalue weighted by atomic mass is 28.4. The van der Waals surface area contributed by atoms with E-state index in [1.807, 2.05) is 0 Å². The third-order valence-corrected chi connectivity index (χ3v) is 7.52. The van der Waals surface area contributed by atoms with Crippen molar-refractivity contribution in [3.05, 3.63) is 0 Å². The predicted octanol–water partition coefficient (Wildman–Crippen LogP) is 4.69. The van der Waals surface area contributed by atoms with Gasteiger partial charge in [0.2, 0.25) is 8.32 Å². The molecule has 4 heteroatoms. The smallest absolute Gasteiger partial charge is 0.212 e. The lowest BCUT2D eigenvalue weighted by molar-refractivity contribution is 0.0928. The molecule has 18 heavy (non-hydrogen) atoms. The summed E-state index contributed by atoms with van der Waals surface area (Å²) in [5, 5.41) is -0.219. The zero-order chi connectivity index (χ0) is 14.4. The van der Waals surface area contributed by atoms with Crippen molar-refractivity contribution in [2.75, 3.05) is 0 Å². The van der Waals surface area contributed by atoms with Crippen LogP contribution in [0.1, 0.15) is 52.4 Å². The summed E-state index contributed by atoms with van der Waals surface area (Å²) in [6.07, 6.45) is 6.73. The van der Waals surface area contributed by atoms with Crippen LogP contribution in [0.25, 0.3) is 0 Å². The maximum atomic E-state index is 10.8. The molecule has 0 saturated heterocycles. The molecule has 1 N–H and O–H groups in total. The third-order valence-electron chi connectivity index (χ3n) is 3.48. The Labute approximate surface area is 116 Å². The fourth-order valence-electron chi connectivity index (χ4n) is 2.47. The van der Waals surface area contributed by atoms with Crippen LogP contribution in [0.15, 0.2) is 0 Å². The second-order valence-corrected chi connectivity index (χ2v) is 15.4. The second kappa shape index (κ2) is 7.22. The lowest BCUT2D eigenvalue weighted by Crippen LogP contribution is -2.60. The summed E-state index contributed by atoms with van der Waals surface area (Å²) in [6, 6.07) is 0. The minimum absolute atomic E-state index is 0.219. The van der Waals surface area contributed by atoms with Gasteiger partial charge in [0.1, 0.15) is 0 Å². The Kier molecular flexibility index (Phi) is 7.36. The summed E-state index contributed by atoms with van der Waals surface area (Å²) in [4.78, 5) is 10.8. The van der Waals surface area contributed by atoms with Crippen LogP contribution in [-0.2, 0) is 4.43 Å². The fourth-order valence-corrected chi connectivity index (χ4v) is 7.35. The Balaban J connectivity index is 5.12. The van der Waals surface area contributed by atoms with Crippen LogP contribution in [0.3, 0.4) is 0 Å². The minimum Gasteiger partial charge on any atom is -0.429 e. The average Bonchev–Trinajstić information content (AvgIpc) is 2.18. The SMILES string of the molecule is CCCCC(CCCC)(O[Si](C)(C)C)[Si](C)(C)O. The van der Waals surface area contributed by atoms with E-state index in [-0.39, 0.29) is 5.22 Å². The van der Waals surface area contributed by atoms with E-state index in [9.17, 15) is 4.80 Å². The molecule has 0 aromatic carbocycles. The highest BCUT2D eigenvalue weighted by Gasteiger charge is 2.48. The highest BCUT2D eigenvalue weighted by Crippen LogP contribution is 2.36. The van der Waals surface area contributed by atoms with E-state index in [0.29, 0.717) is 0 Å². The van der Waals surface area contributed by atoms with Gasteiger partial charge < -0.3 is 9.22 Å². The first-order valence-electron chi connectivity index (χ1n) is 7.50. The Hall–Kier alpha value is 0.354. The van der Waals surface area contributed by atoms with Gasteiger partial charge in [-0.25, -0.2) is 0 Å². The molecule has 0 aliphatic rings. The Morgan fingerprint density at radius 3 is 1.50 bits per heavy atom. The third kappa shape index (κ3) is 6.00. The van der Waals surface area contributed by atoms with Crippen LogP contribution in [-0.4, -0.2) is 26.7 Å². The van der Waals surface area contributed by atoms with Crippen molar-refractivity contribution in [3.8, 4) is 0 Å². The predicted molar refractivity (Wildman–Crippen MR) is 85.9 cm³/mol. The van der Waals surface area contributed by atoms with Gasteiger partial charge in [0.15, 0.2) is 8.32 Å². The fraction of sp³-hybridized carbons (Fsp3) is 1.00. The molecule has 0 aliphatic carbocycles. The second-order valence-electron chi connectivity index (χ2n) is 6.97. The summed E-state index contributed by atoms with van der Waals surface area (Å²) in [6.45, 7) is 15.2. The lowest BCUT2D eigenvalue weighted by atomic mass is 10.1. The van der Waals surface area contributed by atoms with Gasteiger partial charge >= 0.3 is 0 Å². The molecule has 0 atom stereocenters. The van der Waals surface area contributed by atoms with Gasteiger partial charge in [-0.1, -0.05) is 39.5 Å². The van der Waals surface area contributed by atoms with Crippen molar-refractivity contribution < 1.29 is 9.22 Å². The largest absolute Gasteiger partial charge is 0.429 e. The van der Waals surface area contributed by atoms with Gasteiger partial charge in [-0.15, -0.1) is 0 Å². The van der Waals surface area contributed by atoms with Crippen LogP contribution in [0.4, 0.5) is 0 Å². The molecule has 0 unspecified atom stereocenters. The van der Waals surface area contributed by atoms with E-state index in [1.54, 1.807) is 0 Å². The zero-order valence-corrected chi connectivity index (χ0v) is 15.6. The van der Waals surface area contributed by atoms with Crippen LogP contribution in [0.5, 0.6) is 0 Å². The number of rotatable bonds is 9. The molecule has 0 radical (unpaired) electrons. The summed E-state index contributed by atoms with van der Waals surface area (Å²) < 4.78 is 6.54. The maximum absolute atomic E-state index is 10.8. The zero-order valence-electron chi connectivity index (χ0n) is 13.6. The number of hydrogen-bond acceptors (Lipinski definition) is 2. The van der Waals surface area contributed by atoms with E-state index >= 15 is 0 Å². The first-order valence-corrected chi connectivity index (χ1v) is 13.9. The molecule has 0 rings (SSSR count). The average molecular weight is 291 g/mol. The molecule has 0 fully saturated rings. The van der Waals surface area contributed by atoms with Crippen LogP contribution >= 0.6 is 0 Å². The molecule has 0 aliphatic heterocycles. The molecule has 0 aromatic rings. The van der Waals surface area contributed by atoms with Crippen LogP contribution in [0.2, 0.25) is 32.7 Å². The molecule has 0 saturated carbocycles. The van der Waals surface area contributed by atoms with Gasteiger partial charge in [0.05, 0.1) is 5.22 Å². The summed E-state index contributed by atoms with van der Waals surface area (Å²) in [5.41, 5.74) is 0. The van der Waals surface area contributed by atoms with Crippen molar-refractivity contribution in [1.29, 1.82) is 0 Å². The first kappa shape index (κ1) is 18.4. The molecular formula is C14H34O2Si2. The van der Waals surface area contributed by atoms with Crippen molar-refractivity contribution >= 4 is 16.6 Å². The van der Waals surface area contributed by atoms with E-state index in [0.717, 1.165) is 25.7 Å². The monoisotopic (exact) mass is 290 g/mol. The quantitative estimate of drug-likeness (QED) is 0.624. The Morgan fingerprint density at radius 2 is 1.28 bits per heavy atom. The molecule has 0 heterocycles. The molecule has 110 valence electrons. The molecule has 2 nitrogen and oxygen atoms in total. The summed E-state index contributed by atoms with van der Waals surface area (Å²) in [5.74, 6) is 0. The minimum atomic E-state index is -2.31. The summed E-state index contributed by atoms with van der Waals surface area (Å²) >= 11 is 0. The van der Waals surface area contributed by atoms with Crippen LogP contribution in [0, 0.1) is 0 Å². The van der Waals surface area contributed by atoms with E-state index in [4.69, 9.17) is 4.43 Å². The Bertz CT molecular complexity index is 221. The van der Waals surface area contributed by atoms with Gasteiger partial charge in [0.25, 0.3) is 0 Å². The normalized spacial score (nSPS) is 14.0. The van der Waals surface area contributed by atoms with Gasteiger partial charge in [-0.3, -0.25) is 0 Å². The van der Waals surface area contributed by atoms with Gasteiger partial charge in [0, 0.05) is 0 Å². The highest BCUT2D eigenvalue weighted by molar-refractivity contribution is 6.76. The van der Waals surface area contributed by atoms with E-state index < -0.39 is 16.6 Å². The van der Waals surface area contributed by atoms with Crippen molar-refractivity contribution in [3.63, 3.8) is 0 Å². The maximum Gasteiger partial charge on any atom is 0.212 e. The number of unbranched alkanes of at least 4 members (excludes halogenated alkanes) is 2. The number of hydrogen-bond donors (Lipinski definition) is 1. The standard InChI is InChI=1S/C14H34O2Si2/c1-8-10-12-14(13-11-9-2,18(6,7)15)16-17(3,4)5/h15H,8-13H2,1-7H3. The lowest BCUT2D eigenvalue weighted by Gasteiger charge is -2.46. The summed E-state index contributed by atoms with van der Waals surface area (Å²) in [7, 11) is -3.94. The molecule has 0 aromatic heterocycles. The molecule has 0 bridgehead atoms. The molecule has 0 spiro atoms. The van der Waals surface area contributed by atoms with Crippen molar-refractivity contribution in [2.24, 2.45) is 0 Å². The molecular weight excluding hydrogens is 256 g/mol. The van der Waals surface area contributed by atoms with Crippen molar-refractivity contribution in [2.45, 2.75) is 90.3 Å².